The minimum atomic E-state index is -2.97. The minimum absolute atomic E-state index is 0.0694. The zero-order valence-electron chi connectivity index (χ0n) is 18.9. The summed E-state index contributed by atoms with van der Waals surface area (Å²) in [6, 6.07) is 15.4. The van der Waals surface area contributed by atoms with Gasteiger partial charge in [-0.25, -0.2) is 4.79 Å². The molecule has 0 aliphatic carbocycles. The molecule has 0 bridgehead atoms. The Morgan fingerprint density at radius 3 is 2.42 bits per heavy atom. The van der Waals surface area contributed by atoms with E-state index in [2.05, 4.69) is 9.72 Å². The average molecular weight is 456 g/mol. The lowest BCUT2D eigenvalue weighted by Gasteiger charge is -2.27. The number of ether oxygens (including phenoxy) is 3. The van der Waals surface area contributed by atoms with E-state index < -0.39 is 18.2 Å². The Morgan fingerprint density at radius 1 is 1.03 bits per heavy atom. The summed E-state index contributed by atoms with van der Waals surface area (Å²) in [6.45, 7) is 2.85. The van der Waals surface area contributed by atoms with E-state index in [9.17, 15) is 13.6 Å². The molecule has 0 aliphatic rings. The number of pyridine rings is 1. The molecule has 6 nitrogen and oxygen atoms in total. The van der Waals surface area contributed by atoms with Gasteiger partial charge in [0.15, 0.2) is 11.5 Å². The smallest absolute Gasteiger partial charge is 0.387 e. The fraction of sp³-hybridized carbons (Fsp3) is 0.280. The highest BCUT2D eigenvalue weighted by molar-refractivity contribution is 5.91. The van der Waals surface area contributed by atoms with Gasteiger partial charge in [-0.15, -0.1) is 0 Å². The number of benzene rings is 2. The van der Waals surface area contributed by atoms with E-state index in [1.54, 1.807) is 63.5 Å². The highest BCUT2D eigenvalue weighted by Gasteiger charge is 2.20. The largest absolute Gasteiger partial charge is 0.493 e. The molecular formula is C25H26F2N2O4. The van der Waals surface area contributed by atoms with Gasteiger partial charge in [-0.2, -0.15) is 8.78 Å². The van der Waals surface area contributed by atoms with Crippen LogP contribution in [0.3, 0.4) is 0 Å². The third-order valence-corrected chi connectivity index (χ3v) is 4.53. The van der Waals surface area contributed by atoms with Crippen LogP contribution in [0.5, 0.6) is 11.5 Å². The number of nitrogens with zero attached hydrogens (tertiary/aromatic N) is 2. The molecule has 0 radical (unpaired) electrons. The van der Waals surface area contributed by atoms with Gasteiger partial charge in [0.1, 0.15) is 5.60 Å². The number of rotatable bonds is 8. The van der Waals surface area contributed by atoms with Gasteiger partial charge in [0.25, 0.3) is 0 Å². The summed E-state index contributed by atoms with van der Waals surface area (Å²) in [4.78, 5) is 18.7. The molecule has 33 heavy (non-hydrogen) atoms. The molecule has 0 atom stereocenters. The van der Waals surface area contributed by atoms with Crippen molar-refractivity contribution in [2.75, 3.05) is 12.0 Å². The highest BCUT2D eigenvalue weighted by atomic mass is 19.3. The second kappa shape index (κ2) is 10.3. The predicted molar refractivity (Wildman–Crippen MR) is 121 cm³/mol. The molecule has 0 saturated carbocycles. The minimum Gasteiger partial charge on any atom is -0.493 e. The lowest BCUT2D eigenvalue weighted by atomic mass is 10.1. The van der Waals surface area contributed by atoms with Crippen molar-refractivity contribution in [1.82, 2.24) is 4.98 Å². The number of alkyl halides is 2. The second-order valence-corrected chi connectivity index (χ2v) is 8.21. The van der Waals surface area contributed by atoms with Crippen LogP contribution in [0.25, 0.3) is 0 Å². The van der Waals surface area contributed by atoms with Crippen LogP contribution < -0.4 is 14.4 Å². The van der Waals surface area contributed by atoms with E-state index in [4.69, 9.17) is 9.47 Å². The Hall–Kier alpha value is -3.68. The Balaban J connectivity index is 2.03. The van der Waals surface area contributed by atoms with E-state index in [-0.39, 0.29) is 11.5 Å². The van der Waals surface area contributed by atoms with E-state index in [0.29, 0.717) is 23.5 Å². The third-order valence-electron chi connectivity index (χ3n) is 4.53. The standard InChI is InChI=1S/C25H26F2N2O4/c1-25(2,3)33-23(30)18-8-5-9-19(13-18)29(16-17-7-6-12-28-15-17)20-10-11-21(32-24(26)27)22(14-20)31-4/h5-15,24H,16H2,1-4H3. The van der Waals surface area contributed by atoms with Gasteiger partial charge in [0.2, 0.25) is 0 Å². The Labute approximate surface area is 191 Å². The van der Waals surface area contributed by atoms with Crippen molar-refractivity contribution in [2.45, 2.75) is 39.5 Å². The van der Waals surface area contributed by atoms with Crippen LogP contribution in [0.4, 0.5) is 20.2 Å². The van der Waals surface area contributed by atoms with Crippen LogP contribution in [0, 0.1) is 0 Å². The summed E-state index contributed by atoms with van der Waals surface area (Å²) in [5, 5.41) is 0. The first-order valence-electron chi connectivity index (χ1n) is 10.3. The summed E-state index contributed by atoms with van der Waals surface area (Å²) in [5.74, 6) is -0.351. The van der Waals surface area contributed by atoms with Gasteiger partial charge >= 0.3 is 12.6 Å². The number of aromatic nitrogens is 1. The molecule has 1 heterocycles. The molecule has 0 amide bonds. The molecule has 0 unspecified atom stereocenters. The van der Waals surface area contributed by atoms with Crippen molar-refractivity contribution in [2.24, 2.45) is 0 Å². The SMILES string of the molecule is COc1cc(N(Cc2cccnc2)c2cccc(C(=O)OC(C)(C)C)c2)ccc1OC(F)F. The van der Waals surface area contributed by atoms with Gasteiger partial charge in [-0.1, -0.05) is 12.1 Å². The molecule has 174 valence electrons. The topological polar surface area (TPSA) is 60.9 Å². The Kier molecular flexibility index (Phi) is 7.48. The Bertz CT molecular complexity index is 1090. The third kappa shape index (κ3) is 6.65. The molecule has 3 aromatic rings. The van der Waals surface area contributed by atoms with Gasteiger partial charge in [-0.05, 0) is 62.7 Å². The normalized spacial score (nSPS) is 11.2. The van der Waals surface area contributed by atoms with Gasteiger partial charge < -0.3 is 19.1 Å². The zero-order valence-corrected chi connectivity index (χ0v) is 18.9. The first-order valence-corrected chi connectivity index (χ1v) is 10.3. The van der Waals surface area contributed by atoms with Crippen LogP contribution in [-0.2, 0) is 11.3 Å². The van der Waals surface area contributed by atoms with E-state index in [1.807, 2.05) is 23.1 Å². The molecule has 0 saturated heterocycles. The van der Waals surface area contributed by atoms with Crippen molar-refractivity contribution in [1.29, 1.82) is 0 Å². The molecule has 3 rings (SSSR count). The van der Waals surface area contributed by atoms with Crippen LogP contribution in [0.1, 0.15) is 36.7 Å². The monoisotopic (exact) mass is 456 g/mol. The summed E-state index contributed by atoms with van der Waals surface area (Å²) in [6.07, 6.45) is 3.41. The molecule has 0 aliphatic heterocycles. The molecule has 1 aromatic heterocycles. The molecule has 8 heteroatoms. The van der Waals surface area contributed by atoms with Gasteiger partial charge in [0, 0.05) is 36.4 Å². The van der Waals surface area contributed by atoms with E-state index in [1.165, 1.54) is 13.2 Å². The van der Waals surface area contributed by atoms with Crippen LogP contribution in [0.15, 0.2) is 67.0 Å². The number of methoxy groups -OCH3 is 1. The highest BCUT2D eigenvalue weighted by Crippen LogP contribution is 2.36. The van der Waals surface area contributed by atoms with Crippen molar-refractivity contribution in [3.8, 4) is 11.5 Å². The second-order valence-electron chi connectivity index (χ2n) is 8.21. The summed E-state index contributed by atoms with van der Waals surface area (Å²) in [5.41, 5.74) is 2.02. The fourth-order valence-corrected chi connectivity index (χ4v) is 3.16. The molecule has 0 fully saturated rings. The maximum atomic E-state index is 12.7. The Morgan fingerprint density at radius 2 is 1.79 bits per heavy atom. The molecular weight excluding hydrogens is 430 g/mol. The van der Waals surface area contributed by atoms with Crippen molar-refractivity contribution in [3.05, 3.63) is 78.1 Å². The summed E-state index contributed by atoms with van der Waals surface area (Å²) in [7, 11) is 1.38. The first kappa shape index (κ1) is 24.0. The van der Waals surface area contributed by atoms with E-state index >= 15 is 0 Å². The van der Waals surface area contributed by atoms with Crippen molar-refractivity contribution in [3.63, 3.8) is 0 Å². The first-order chi connectivity index (χ1) is 15.7. The lowest BCUT2D eigenvalue weighted by Crippen LogP contribution is -2.24. The number of hydrogen-bond donors (Lipinski definition) is 0. The van der Waals surface area contributed by atoms with Crippen LogP contribution >= 0.6 is 0 Å². The van der Waals surface area contributed by atoms with E-state index in [0.717, 1.165) is 5.56 Å². The van der Waals surface area contributed by atoms with Crippen molar-refractivity contribution >= 4 is 17.3 Å². The number of anilines is 2. The number of hydrogen-bond acceptors (Lipinski definition) is 6. The number of carbonyl (C=O) groups is 1. The van der Waals surface area contributed by atoms with Crippen LogP contribution in [-0.4, -0.2) is 30.3 Å². The fourth-order valence-electron chi connectivity index (χ4n) is 3.16. The molecule has 2 aromatic carbocycles. The van der Waals surface area contributed by atoms with Crippen molar-refractivity contribution < 1.29 is 27.8 Å². The average Bonchev–Trinajstić information content (AvgIpc) is 2.77. The number of carbonyl (C=O) groups excluding carboxylic acids is 1. The maximum Gasteiger partial charge on any atom is 0.387 e. The zero-order chi connectivity index (χ0) is 24.0. The quantitative estimate of drug-likeness (QED) is 0.388. The predicted octanol–water partition coefficient (Wildman–Crippen LogP) is 5.99. The lowest BCUT2D eigenvalue weighted by molar-refractivity contribution is -0.0512. The number of esters is 1. The number of halogens is 2. The maximum absolute atomic E-state index is 12.7. The van der Waals surface area contributed by atoms with Crippen LogP contribution in [0.2, 0.25) is 0 Å². The summed E-state index contributed by atoms with van der Waals surface area (Å²) < 4.78 is 40.8. The molecule has 0 N–H and O–H groups in total. The molecule has 0 spiro atoms. The van der Waals surface area contributed by atoms with Gasteiger partial charge in [0.05, 0.1) is 12.7 Å². The summed E-state index contributed by atoms with van der Waals surface area (Å²) >= 11 is 0. The van der Waals surface area contributed by atoms with Gasteiger partial charge in [-0.3, -0.25) is 4.98 Å².